The Morgan fingerprint density at radius 3 is 2.48 bits per heavy atom. The molecule has 0 fully saturated rings. The first-order valence-corrected chi connectivity index (χ1v) is 6.51. The maximum Gasteiger partial charge on any atom is 0.261 e. The molecule has 21 heavy (non-hydrogen) atoms. The largest absolute Gasteiger partial charge is 0.398 e. The molecule has 0 saturated carbocycles. The summed E-state index contributed by atoms with van der Waals surface area (Å²) >= 11 is 0. The SMILES string of the molecule is Nc1ccc(-c2cc3ccccc3[nH]2)c2c1C(=O)NC2=O. The fourth-order valence-corrected chi connectivity index (χ4v) is 2.77. The highest BCUT2D eigenvalue weighted by Gasteiger charge is 2.32. The molecule has 1 aliphatic heterocycles. The van der Waals surface area contributed by atoms with Crippen molar-refractivity contribution in [3.05, 3.63) is 53.6 Å². The smallest absolute Gasteiger partial charge is 0.261 e. The van der Waals surface area contributed by atoms with Crippen LogP contribution in [0.3, 0.4) is 0 Å². The lowest BCUT2D eigenvalue weighted by Gasteiger charge is -2.06. The van der Waals surface area contributed by atoms with Crippen LogP contribution in [-0.4, -0.2) is 16.8 Å². The van der Waals surface area contributed by atoms with E-state index in [1.165, 1.54) is 0 Å². The number of nitrogens with two attached hydrogens (primary N) is 1. The number of benzene rings is 2. The van der Waals surface area contributed by atoms with Crippen LogP contribution >= 0.6 is 0 Å². The standard InChI is InChI=1S/C16H11N3O2/c17-10-6-5-9(13-14(10)16(21)19-15(13)20)12-7-8-3-1-2-4-11(8)18-12/h1-7,18H,17H2,(H,19,20,21). The topological polar surface area (TPSA) is 88.0 Å². The van der Waals surface area contributed by atoms with Crippen LogP contribution in [0.5, 0.6) is 0 Å². The molecule has 0 bridgehead atoms. The molecule has 2 amide bonds. The summed E-state index contributed by atoms with van der Waals surface area (Å²) in [5, 5.41) is 3.34. The first-order chi connectivity index (χ1) is 10.1. The summed E-state index contributed by atoms with van der Waals surface area (Å²) < 4.78 is 0. The second-order valence-corrected chi connectivity index (χ2v) is 5.01. The number of hydrogen-bond acceptors (Lipinski definition) is 3. The van der Waals surface area contributed by atoms with Gasteiger partial charge in [-0.05, 0) is 24.3 Å². The van der Waals surface area contributed by atoms with Gasteiger partial charge in [-0.1, -0.05) is 18.2 Å². The number of carbonyl (C=O) groups excluding carboxylic acids is 2. The third-order valence-corrected chi connectivity index (χ3v) is 3.74. The number of anilines is 1. The quantitative estimate of drug-likeness (QED) is 0.471. The molecule has 2 aromatic carbocycles. The minimum absolute atomic E-state index is 0.260. The van der Waals surface area contributed by atoms with E-state index < -0.39 is 11.8 Å². The average molecular weight is 277 g/mol. The first kappa shape index (κ1) is 11.7. The van der Waals surface area contributed by atoms with Gasteiger partial charge >= 0.3 is 0 Å². The number of nitrogens with one attached hydrogen (secondary N) is 2. The Bertz CT molecular complexity index is 891. The van der Waals surface area contributed by atoms with Gasteiger partial charge in [-0.2, -0.15) is 0 Å². The molecule has 5 nitrogen and oxygen atoms in total. The number of fused-ring (bicyclic) bond motifs is 2. The van der Waals surface area contributed by atoms with Crippen LogP contribution < -0.4 is 11.1 Å². The van der Waals surface area contributed by atoms with Gasteiger partial charge in [0.2, 0.25) is 0 Å². The highest BCUT2D eigenvalue weighted by Crippen LogP contribution is 2.33. The predicted octanol–water partition coefficient (Wildman–Crippen LogP) is 2.30. The van der Waals surface area contributed by atoms with E-state index >= 15 is 0 Å². The van der Waals surface area contributed by atoms with Crippen molar-refractivity contribution in [2.45, 2.75) is 0 Å². The maximum absolute atomic E-state index is 12.0. The molecule has 1 aromatic heterocycles. The van der Waals surface area contributed by atoms with Crippen molar-refractivity contribution in [3.63, 3.8) is 0 Å². The van der Waals surface area contributed by atoms with Crippen molar-refractivity contribution in [1.29, 1.82) is 0 Å². The molecule has 0 atom stereocenters. The number of imide groups is 1. The minimum Gasteiger partial charge on any atom is -0.398 e. The van der Waals surface area contributed by atoms with Crippen molar-refractivity contribution in [3.8, 4) is 11.3 Å². The molecule has 0 radical (unpaired) electrons. The van der Waals surface area contributed by atoms with Crippen LogP contribution in [0.25, 0.3) is 22.2 Å². The molecular formula is C16H11N3O2. The molecule has 2 heterocycles. The lowest BCUT2D eigenvalue weighted by atomic mass is 9.99. The van der Waals surface area contributed by atoms with E-state index in [4.69, 9.17) is 5.73 Å². The fraction of sp³-hybridized carbons (Fsp3) is 0. The van der Waals surface area contributed by atoms with Gasteiger partial charge in [-0.3, -0.25) is 14.9 Å². The summed E-state index contributed by atoms with van der Waals surface area (Å²) in [6, 6.07) is 13.2. The van der Waals surface area contributed by atoms with Crippen molar-refractivity contribution in [2.75, 3.05) is 5.73 Å². The number of hydrogen-bond donors (Lipinski definition) is 3. The molecule has 0 spiro atoms. The molecule has 0 unspecified atom stereocenters. The van der Waals surface area contributed by atoms with Gasteiger partial charge in [0.1, 0.15) is 0 Å². The molecular weight excluding hydrogens is 266 g/mol. The summed E-state index contributed by atoms with van der Waals surface area (Å²) in [5.74, 6) is -0.846. The van der Waals surface area contributed by atoms with E-state index in [2.05, 4.69) is 10.3 Å². The van der Waals surface area contributed by atoms with Crippen LogP contribution in [0, 0.1) is 0 Å². The number of aromatic amines is 1. The molecule has 102 valence electrons. The van der Waals surface area contributed by atoms with E-state index in [1.54, 1.807) is 12.1 Å². The number of carbonyl (C=O) groups is 2. The van der Waals surface area contributed by atoms with Crippen LogP contribution in [0.1, 0.15) is 20.7 Å². The molecule has 4 rings (SSSR count). The second-order valence-electron chi connectivity index (χ2n) is 5.01. The predicted molar refractivity (Wildman–Crippen MR) is 79.9 cm³/mol. The zero-order valence-corrected chi connectivity index (χ0v) is 10.9. The van der Waals surface area contributed by atoms with Crippen molar-refractivity contribution >= 4 is 28.4 Å². The Hall–Kier alpha value is -3.08. The van der Waals surface area contributed by atoms with Crippen molar-refractivity contribution in [2.24, 2.45) is 0 Å². The summed E-state index contributed by atoms with van der Waals surface area (Å²) in [6.07, 6.45) is 0. The van der Waals surface area contributed by atoms with E-state index in [-0.39, 0.29) is 5.56 Å². The molecule has 3 aromatic rings. The van der Waals surface area contributed by atoms with Crippen LogP contribution in [0.4, 0.5) is 5.69 Å². The Labute approximate surface area is 119 Å². The number of para-hydroxylation sites is 1. The lowest BCUT2D eigenvalue weighted by molar-refractivity contribution is 0.0880. The third-order valence-electron chi connectivity index (χ3n) is 3.74. The van der Waals surface area contributed by atoms with Crippen LogP contribution in [-0.2, 0) is 0 Å². The van der Waals surface area contributed by atoms with Crippen molar-refractivity contribution < 1.29 is 9.59 Å². The molecule has 4 N–H and O–H groups in total. The molecule has 0 aliphatic carbocycles. The Kier molecular flexibility index (Phi) is 2.21. The fourth-order valence-electron chi connectivity index (χ4n) is 2.77. The van der Waals surface area contributed by atoms with Gasteiger partial charge in [-0.25, -0.2) is 0 Å². The zero-order chi connectivity index (χ0) is 14.6. The summed E-state index contributed by atoms with van der Waals surface area (Å²) in [6.45, 7) is 0. The Balaban J connectivity index is 2.02. The second kappa shape index (κ2) is 3.96. The Morgan fingerprint density at radius 1 is 0.905 bits per heavy atom. The monoisotopic (exact) mass is 277 g/mol. The zero-order valence-electron chi connectivity index (χ0n) is 10.9. The Morgan fingerprint density at radius 2 is 1.67 bits per heavy atom. The minimum atomic E-state index is -0.439. The highest BCUT2D eigenvalue weighted by molar-refractivity contribution is 6.26. The summed E-state index contributed by atoms with van der Waals surface area (Å²) in [7, 11) is 0. The van der Waals surface area contributed by atoms with Gasteiger partial charge in [-0.15, -0.1) is 0 Å². The highest BCUT2D eigenvalue weighted by atomic mass is 16.2. The van der Waals surface area contributed by atoms with Gasteiger partial charge < -0.3 is 10.7 Å². The normalized spacial score (nSPS) is 13.5. The third kappa shape index (κ3) is 1.57. The summed E-state index contributed by atoms with van der Waals surface area (Å²) in [4.78, 5) is 27.1. The molecule has 1 aliphatic rings. The van der Waals surface area contributed by atoms with Gasteiger partial charge in [0.05, 0.1) is 11.1 Å². The molecule has 0 saturated heterocycles. The number of amides is 2. The van der Waals surface area contributed by atoms with E-state index in [0.29, 0.717) is 16.8 Å². The number of aromatic nitrogens is 1. The van der Waals surface area contributed by atoms with Crippen LogP contribution in [0.15, 0.2) is 42.5 Å². The van der Waals surface area contributed by atoms with Crippen LogP contribution in [0.2, 0.25) is 0 Å². The van der Waals surface area contributed by atoms with E-state index in [0.717, 1.165) is 16.6 Å². The number of nitrogen functional groups attached to an aromatic ring is 1. The van der Waals surface area contributed by atoms with Crippen molar-refractivity contribution in [1.82, 2.24) is 10.3 Å². The van der Waals surface area contributed by atoms with Gasteiger partial charge in [0, 0.05) is 27.8 Å². The van der Waals surface area contributed by atoms with Gasteiger partial charge in [0.25, 0.3) is 11.8 Å². The summed E-state index contributed by atoms with van der Waals surface area (Å²) in [5.41, 5.74) is 9.18. The van der Waals surface area contributed by atoms with E-state index in [9.17, 15) is 9.59 Å². The lowest BCUT2D eigenvalue weighted by Crippen LogP contribution is -2.20. The average Bonchev–Trinajstić information content (AvgIpc) is 3.01. The first-order valence-electron chi connectivity index (χ1n) is 6.51. The number of H-pyrrole nitrogens is 1. The van der Waals surface area contributed by atoms with E-state index in [1.807, 2.05) is 30.3 Å². The van der Waals surface area contributed by atoms with Gasteiger partial charge in [0.15, 0.2) is 0 Å². The molecule has 5 heteroatoms. The number of rotatable bonds is 1. The maximum atomic E-state index is 12.0.